The number of rotatable bonds is 6. The van der Waals surface area contributed by atoms with Crippen LogP contribution in [0.5, 0.6) is 0 Å². The minimum atomic E-state index is -0.203. The van der Waals surface area contributed by atoms with Gasteiger partial charge in [0.1, 0.15) is 5.82 Å². The van der Waals surface area contributed by atoms with Gasteiger partial charge in [0, 0.05) is 30.5 Å². The highest BCUT2D eigenvalue weighted by Crippen LogP contribution is 2.31. The van der Waals surface area contributed by atoms with Crippen molar-refractivity contribution in [1.82, 2.24) is 0 Å². The highest BCUT2D eigenvalue weighted by atomic mass is 19.1. The monoisotopic (exact) mass is 284 g/mol. The molecule has 0 amide bonds. The first-order valence-electron chi connectivity index (χ1n) is 7.61. The fourth-order valence-corrected chi connectivity index (χ4v) is 2.65. The van der Waals surface area contributed by atoms with Crippen LogP contribution in [-0.2, 0) is 6.54 Å². The third-order valence-electron chi connectivity index (χ3n) is 3.91. The van der Waals surface area contributed by atoms with Crippen LogP contribution >= 0.6 is 0 Å². The lowest BCUT2D eigenvalue weighted by molar-refractivity contribution is 0.628. The summed E-state index contributed by atoms with van der Waals surface area (Å²) in [5.74, 6) is -0.203. The van der Waals surface area contributed by atoms with Crippen molar-refractivity contribution in [2.24, 2.45) is 0 Å². The Labute approximate surface area is 125 Å². The van der Waals surface area contributed by atoms with Gasteiger partial charge < -0.3 is 10.2 Å². The minimum absolute atomic E-state index is 0.203. The van der Waals surface area contributed by atoms with Gasteiger partial charge in [0.25, 0.3) is 0 Å². The van der Waals surface area contributed by atoms with Gasteiger partial charge in [-0.05, 0) is 61.7 Å². The number of hydrogen-bond acceptors (Lipinski definition) is 2. The van der Waals surface area contributed by atoms with Crippen LogP contribution < -0.4 is 10.2 Å². The predicted octanol–water partition coefficient (Wildman–Crippen LogP) is 4.43. The first kappa shape index (κ1) is 13.9. The third-order valence-corrected chi connectivity index (χ3v) is 3.91. The van der Waals surface area contributed by atoms with Crippen molar-refractivity contribution >= 4 is 11.4 Å². The Kier molecular flexibility index (Phi) is 4.09. The molecule has 1 aliphatic rings. The van der Waals surface area contributed by atoms with Crippen molar-refractivity contribution in [3.63, 3.8) is 0 Å². The molecule has 1 N–H and O–H groups in total. The number of anilines is 2. The summed E-state index contributed by atoms with van der Waals surface area (Å²) in [6, 6.07) is 15.9. The van der Waals surface area contributed by atoms with Crippen LogP contribution in [0.1, 0.15) is 25.3 Å². The Balaban J connectivity index is 1.66. The first-order chi connectivity index (χ1) is 10.3. The molecule has 0 atom stereocenters. The molecule has 2 nitrogen and oxygen atoms in total. The molecule has 0 spiro atoms. The van der Waals surface area contributed by atoms with Crippen LogP contribution in [0.15, 0.2) is 48.5 Å². The molecule has 1 fully saturated rings. The summed E-state index contributed by atoms with van der Waals surface area (Å²) in [6.45, 7) is 4.02. The van der Waals surface area contributed by atoms with E-state index < -0.39 is 0 Å². The molecular weight excluding hydrogens is 263 g/mol. The van der Waals surface area contributed by atoms with Gasteiger partial charge >= 0.3 is 0 Å². The van der Waals surface area contributed by atoms with Gasteiger partial charge in [-0.15, -0.1) is 0 Å². The quantitative estimate of drug-likeness (QED) is 0.844. The van der Waals surface area contributed by atoms with Crippen molar-refractivity contribution in [2.45, 2.75) is 32.4 Å². The van der Waals surface area contributed by atoms with Gasteiger partial charge in [0.2, 0.25) is 0 Å². The maximum Gasteiger partial charge on any atom is 0.123 e. The second kappa shape index (κ2) is 6.17. The molecule has 0 aliphatic heterocycles. The average molecular weight is 284 g/mol. The molecule has 3 rings (SSSR count). The van der Waals surface area contributed by atoms with Crippen molar-refractivity contribution in [1.29, 1.82) is 0 Å². The SMILES string of the molecule is CCN(c1cccc(CNc2ccc(F)cc2)c1)C1CC1. The largest absolute Gasteiger partial charge is 0.381 e. The fourth-order valence-electron chi connectivity index (χ4n) is 2.65. The fraction of sp³-hybridized carbons (Fsp3) is 0.333. The van der Waals surface area contributed by atoms with Crippen molar-refractivity contribution in [3.8, 4) is 0 Å². The molecule has 0 bridgehead atoms. The number of halogens is 1. The molecular formula is C18H21FN2. The van der Waals surface area contributed by atoms with Crippen molar-refractivity contribution in [2.75, 3.05) is 16.8 Å². The van der Waals surface area contributed by atoms with Crippen molar-refractivity contribution in [3.05, 3.63) is 59.9 Å². The summed E-state index contributed by atoms with van der Waals surface area (Å²) in [7, 11) is 0. The summed E-state index contributed by atoms with van der Waals surface area (Å²) in [4.78, 5) is 2.47. The molecule has 2 aromatic carbocycles. The van der Waals surface area contributed by atoms with Gasteiger partial charge in [-0.25, -0.2) is 4.39 Å². The number of nitrogens with one attached hydrogen (secondary N) is 1. The van der Waals surface area contributed by atoms with Crippen LogP contribution in [0.3, 0.4) is 0 Å². The summed E-state index contributed by atoms with van der Waals surface area (Å²) >= 11 is 0. The van der Waals surface area contributed by atoms with E-state index in [0.717, 1.165) is 24.8 Å². The number of nitrogens with zero attached hydrogens (tertiary/aromatic N) is 1. The van der Waals surface area contributed by atoms with Gasteiger partial charge in [-0.3, -0.25) is 0 Å². The first-order valence-corrected chi connectivity index (χ1v) is 7.61. The Morgan fingerprint density at radius 3 is 2.57 bits per heavy atom. The van der Waals surface area contributed by atoms with E-state index in [-0.39, 0.29) is 5.82 Å². The Bertz CT molecular complexity index is 590. The minimum Gasteiger partial charge on any atom is -0.381 e. The normalized spacial score (nSPS) is 14.0. The smallest absolute Gasteiger partial charge is 0.123 e. The molecule has 1 saturated carbocycles. The molecule has 0 unspecified atom stereocenters. The maximum atomic E-state index is 12.9. The van der Waals surface area contributed by atoms with Crippen LogP contribution in [0, 0.1) is 5.82 Å². The predicted molar refractivity (Wildman–Crippen MR) is 86.2 cm³/mol. The zero-order valence-corrected chi connectivity index (χ0v) is 12.3. The highest BCUT2D eigenvalue weighted by Gasteiger charge is 2.27. The lowest BCUT2D eigenvalue weighted by atomic mass is 10.1. The van der Waals surface area contributed by atoms with Crippen molar-refractivity contribution < 1.29 is 4.39 Å². The topological polar surface area (TPSA) is 15.3 Å². The van der Waals surface area contributed by atoms with Crippen LogP contribution in [0.4, 0.5) is 15.8 Å². The van der Waals surface area contributed by atoms with Gasteiger partial charge in [0.15, 0.2) is 0 Å². The average Bonchev–Trinajstić information content (AvgIpc) is 3.33. The van der Waals surface area contributed by atoms with Gasteiger partial charge in [-0.2, -0.15) is 0 Å². The van der Waals surface area contributed by atoms with E-state index in [1.54, 1.807) is 12.1 Å². The molecule has 21 heavy (non-hydrogen) atoms. The zero-order valence-electron chi connectivity index (χ0n) is 12.3. The van der Waals surface area contributed by atoms with E-state index in [0.29, 0.717) is 0 Å². The summed E-state index contributed by atoms with van der Waals surface area (Å²) in [6.07, 6.45) is 2.62. The standard InChI is InChI=1S/C18H21FN2/c1-2-21(17-10-11-17)18-5-3-4-14(12-18)13-20-16-8-6-15(19)7-9-16/h3-9,12,17,20H,2,10-11,13H2,1H3. The van der Waals surface area contributed by atoms with Gasteiger partial charge in [-0.1, -0.05) is 12.1 Å². The van der Waals surface area contributed by atoms with E-state index in [1.807, 2.05) is 0 Å². The highest BCUT2D eigenvalue weighted by molar-refractivity contribution is 5.51. The Morgan fingerprint density at radius 1 is 1.14 bits per heavy atom. The van der Waals surface area contributed by atoms with Gasteiger partial charge in [0.05, 0.1) is 0 Å². The Morgan fingerprint density at radius 2 is 1.90 bits per heavy atom. The lowest BCUT2D eigenvalue weighted by Crippen LogP contribution is -2.25. The van der Waals surface area contributed by atoms with E-state index in [2.05, 4.69) is 41.4 Å². The molecule has 0 radical (unpaired) electrons. The second-order valence-electron chi connectivity index (χ2n) is 5.55. The van der Waals surface area contributed by atoms with E-state index in [1.165, 1.54) is 36.2 Å². The summed E-state index contributed by atoms with van der Waals surface area (Å²) in [5.41, 5.74) is 3.49. The third kappa shape index (κ3) is 3.54. The van der Waals surface area contributed by atoms with Crippen LogP contribution in [0.25, 0.3) is 0 Å². The van der Waals surface area contributed by atoms with Crippen LogP contribution in [0.2, 0.25) is 0 Å². The molecule has 2 aromatic rings. The Hall–Kier alpha value is -2.03. The van der Waals surface area contributed by atoms with E-state index in [9.17, 15) is 4.39 Å². The van der Waals surface area contributed by atoms with Crippen LogP contribution in [-0.4, -0.2) is 12.6 Å². The maximum absolute atomic E-state index is 12.9. The molecule has 0 saturated heterocycles. The zero-order chi connectivity index (χ0) is 14.7. The van der Waals surface area contributed by atoms with E-state index in [4.69, 9.17) is 0 Å². The summed E-state index contributed by atoms with van der Waals surface area (Å²) in [5, 5.41) is 3.33. The second-order valence-corrected chi connectivity index (χ2v) is 5.55. The van der Waals surface area contributed by atoms with E-state index >= 15 is 0 Å². The molecule has 110 valence electrons. The molecule has 0 heterocycles. The molecule has 3 heteroatoms. The lowest BCUT2D eigenvalue weighted by Gasteiger charge is -2.23. The molecule has 0 aromatic heterocycles. The molecule has 1 aliphatic carbocycles. The number of benzene rings is 2. The number of hydrogen-bond donors (Lipinski definition) is 1. The summed E-state index contributed by atoms with van der Waals surface area (Å²) < 4.78 is 12.9.